The van der Waals surface area contributed by atoms with E-state index in [1.807, 2.05) is 0 Å². The smallest absolute Gasteiger partial charge is 0.188 e. The van der Waals surface area contributed by atoms with Crippen LogP contribution in [0.3, 0.4) is 0 Å². The summed E-state index contributed by atoms with van der Waals surface area (Å²) >= 11 is 0. The van der Waals surface area contributed by atoms with Gasteiger partial charge in [-0.15, -0.1) is 0 Å². The van der Waals surface area contributed by atoms with Gasteiger partial charge in [0.2, 0.25) is 0 Å². The Hall–Kier alpha value is -1.94. The van der Waals surface area contributed by atoms with Crippen LogP contribution in [0.25, 0.3) is 11.1 Å². The van der Waals surface area contributed by atoms with Gasteiger partial charge in [-0.2, -0.15) is 0 Å². The zero-order valence-electron chi connectivity index (χ0n) is 9.82. The number of ether oxygens (including phenoxy) is 2. The van der Waals surface area contributed by atoms with Crippen LogP contribution in [0, 0.1) is 11.6 Å². The quantitative estimate of drug-likeness (QED) is 0.772. The van der Waals surface area contributed by atoms with Crippen molar-refractivity contribution in [1.82, 2.24) is 0 Å². The molecule has 0 aliphatic carbocycles. The molecule has 0 spiro atoms. The summed E-state index contributed by atoms with van der Waals surface area (Å²) in [5, 5.41) is 0. The van der Waals surface area contributed by atoms with Gasteiger partial charge in [-0.05, 0) is 35.4 Å². The molecule has 0 bridgehead atoms. The van der Waals surface area contributed by atoms with Crippen molar-refractivity contribution < 1.29 is 18.3 Å². The number of methoxy groups -OCH3 is 1. The summed E-state index contributed by atoms with van der Waals surface area (Å²) in [4.78, 5) is 0. The van der Waals surface area contributed by atoms with Crippen molar-refractivity contribution in [3.63, 3.8) is 0 Å². The van der Waals surface area contributed by atoms with E-state index in [-0.39, 0.29) is 18.4 Å². The van der Waals surface area contributed by atoms with Crippen LogP contribution in [-0.2, 0) is 4.74 Å². The average Bonchev–Trinajstić information content (AvgIpc) is 2.37. The standard InChI is InChI=1S/C14H12F2O2/c1-17-9-18-14-6-5-11(8-13(14)16)10-3-2-4-12(15)7-10/h2-8H,9H2,1H3. The molecule has 94 valence electrons. The molecule has 0 saturated heterocycles. The van der Waals surface area contributed by atoms with Crippen LogP contribution >= 0.6 is 0 Å². The molecule has 18 heavy (non-hydrogen) atoms. The van der Waals surface area contributed by atoms with Gasteiger partial charge >= 0.3 is 0 Å². The van der Waals surface area contributed by atoms with Crippen LogP contribution in [0.4, 0.5) is 8.78 Å². The summed E-state index contributed by atoms with van der Waals surface area (Å²) < 4.78 is 36.5. The summed E-state index contributed by atoms with van der Waals surface area (Å²) in [7, 11) is 1.46. The lowest BCUT2D eigenvalue weighted by atomic mass is 10.1. The van der Waals surface area contributed by atoms with Crippen LogP contribution in [-0.4, -0.2) is 13.9 Å². The Morgan fingerprint density at radius 2 is 1.78 bits per heavy atom. The Kier molecular flexibility index (Phi) is 3.89. The number of halogens is 2. The van der Waals surface area contributed by atoms with E-state index < -0.39 is 5.82 Å². The minimum Gasteiger partial charge on any atom is -0.464 e. The molecule has 0 atom stereocenters. The molecule has 2 aromatic carbocycles. The van der Waals surface area contributed by atoms with E-state index in [1.165, 1.54) is 31.4 Å². The maximum atomic E-state index is 13.7. The van der Waals surface area contributed by atoms with Crippen molar-refractivity contribution in [2.75, 3.05) is 13.9 Å². The van der Waals surface area contributed by atoms with Gasteiger partial charge in [0.05, 0.1) is 0 Å². The lowest BCUT2D eigenvalue weighted by Crippen LogP contribution is -2.00. The first-order valence-electron chi connectivity index (χ1n) is 5.38. The number of benzene rings is 2. The molecule has 0 aliphatic rings. The molecule has 0 N–H and O–H groups in total. The van der Waals surface area contributed by atoms with E-state index in [2.05, 4.69) is 0 Å². The van der Waals surface area contributed by atoms with E-state index in [0.29, 0.717) is 11.1 Å². The SMILES string of the molecule is COCOc1ccc(-c2cccc(F)c2)cc1F. The van der Waals surface area contributed by atoms with Gasteiger partial charge in [0.1, 0.15) is 5.82 Å². The highest BCUT2D eigenvalue weighted by molar-refractivity contribution is 5.64. The fourth-order valence-electron chi connectivity index (χ4n) is 1.59. The van der Waals surface area contributed by atoms with E-state index >= 15 is 0 Å². The number of hydrogen-bond acceptors (Lipinski definition) is 2. The molecule has 0 amide bonds. The lowest BCUT2D eigenvalue weighted by molar-refractivity contribution is 0.0483. The van der Waals surface area contributed by atoms with Crippen LogP contribution in [0.15, 0.2) is 42.5 Å². The van der Waals surface area contributed by atoms with E-state index in [1.54, 1.807) is 18.2 Å². The van der Waals surface area contributed by atoms with Gasteiger partial charge in [0.25, 0.3) is 0 Å². The summed E-state index contributed by atoms with van der Waals surface area (Å²) in [6.45, 7) is -0.0176. The normalized spacial score (nSPS) is 10.4. The predicted molar refractivity (Wildman–Crippen MR) is 64.3 cm³/mol. The fraction of sp³-hybridized carbons (Fsp3) is 0.143. The van der Waals surface area contributed by atoms with Crippen molar-refractivity contribution in [1.29, 1.82) is 0 Å². The fourth-order valence-corrected chi connectivity index (χ4v) is 1.59. The molecule has 0 unspecified atom stereocenters. The minimum absolute atomic E-state index is 0.0176. The van der Waals surface area contributed by atoms with Gasteiger partial charge in [0.15, 0.2) is 18.4 Å². The minimum atomic E-state index is -0.506. The van der Waals surface area contributed by atoms with Crippen LogP contribution in [0.1, 0.15) is 0 Å². The van der Waals surface area contributed by atoms with Crippen molar-refractivity contribution in [2.45, 2.75) is 0 Å². The largest absolute Gasteiger partial charge is 0.464 e. The molecule has 2 aromatic rings. The molecule has 0 heterocycles. The zero-order valence-corrected chi connectivity index (χ0v) is 9.82. The van der Waals surface area contributed by atoms with Crippen molar-refractivity contribution >= 4 is 0 Å². The monoisotopic (exact) mass is 250 g/mol. The van der Waals surface area contributed by atoms with E-state index in [4.69, 9.17) is 9.47 Å². The summed E-state index contributed by atoms with van der Waals surface area (Å²) in [5.74, 6) is -0.751. The summed E-state index contributed by atoms with van der Waals surface area (Å²) in [5.41, 5.74) is 1.21. The van der Waals surface area contributed by atoms with E-state index in [0.717, 1.165) is 0 Å². The first-order valence-corrected chi connectivity index (χ1v) is 5.38. The van der Waals surface area contributed by atoms with Crippen molar-refractivity contribution in [2.24, 2.45) is 0 Å². The second-order valence-corrected chi connectivity index (χ2v) is 3.71. The molecular weight excluding hydrogens is 238 g/mol. The Labute approximate surface area is 104 Å². The Bertz CT molecular complexity index is 541. The Morgan fingerprint density at radius 3 is 2.44 bits per heavy atom. The van der Waals surface area contributed by atoms with Gasteiger partial charge < -0.3 is 9.47 Å². The molecule has 0 radical (unpaired) electrons. The first-order chi connectivity index (χ1) is 8.70. The first kappa shape index (κ1) is 12.5. The maximum Gasteiger partial charge on any atom is 0.188 e. The molecule has 2 nitrogen and oxygen atoms in total. The van der Waals surface area contributed by atoms with Gasteiger partial charge in [0, 0.05) is 7.11 Å². The van der Waals surface area contributed by atoms with E-state index in [9.17, 15) is 8.78 Å². The Balaban J connectivity index is 2.28. The number of rotatable bonds is 4. The summed E-state index contributed by atoms with van der Waals surface area (Å²) in [6.07, 6.45) is 0. The van der Waals surface area contributed by atoms with Gasteiger partial charge in [-0.1, -0.05) is 18.2 Å². The second-order valence-electron chi connectivity index (χ2n) is 3.71. The van der Waals surface area contributed by atoms with Crippen LogP contribution in [0.2, 0.25) is 0 Å². The highest BCUT2D eigenvalue weighted by Gasteiger charge is 2.06. The predicted octanol–water partition coefficient (Wildman–Crippen LogP) is 3.61. The van der Waals surface area contributed by atoms with Gasteiger partial charge in [-0.3, -0.25) is 0 Å². The highest BCUT2D eigenvalue weighted by atomic mass is 19.1. The molecule has 0 fully saturated rings. The zero-order chi connectivity index (χ0) is 13.0. The van der Waals surface area contributed by atoms with Crippen molar-refractivity contribution in [3.8, 4) is 16.9 Å². The lowest BCUT2D eigenvalue weighted by Gasteiger charge is -2.08. The third-order valence-electron chi connectivity index (χ3n) is 2.42. The maximum absolute atomic E-state index is 13.7. The third kappa shape index (κ3) is 2.84. The molecule has 4 heteroatoms. The third-order valence-corrected chi connectivity index (χ3v) is 2.42. The number of hydrogen-bond donors (Lipinski definition) is 0. The van der Waals surface area contributed by atoms with Gasteiger partial charge in [-0.25, -0.2) is 8.78 Å². The highest BCUT2D eigenvalue weighted by Crippen LogP contribution is 2.26. The Morgan fingerprint density at radius 1 is 1.00 bits per heavy atom. The average molecular weight is 250 g/mol. The van der Waals surface area contributed by atoms with Crippen LogP contribution < -0.4 is 4.74 Å². The molecule has 0 saturated carbocycles. The molecule has 0 aliphatic heterocycles. The topological polar surface area (TPSA) is 18.5 Å². The second kappa shape index (κ2) is 5.60. The van der Waals surface area contributed by atoms with Crippen molar-refractivity contribution in [3.05, 3.63) is 54.1 Å². The van der Waals surface area contributed by atoms with Crippen LogP contribution in [0.5, 0.6) is 5.75 Å². The molecule has 0 aromatic heterocycles. The molecular formula is C14H12F2O2. The molecule has 2 rings (SSSR count). The summed E-state index contributed by atoms with van der Waals surface area (Å²) in [6, 6.07) is 10.5.